The lowest BCUT2D eigenvalue weighted by Gasteiger charge is -2.27. The third-order valence-corrected chi connectivity index (χ3v) is 11.0. The molecule has 3 heteroatoms. The second-order valence-corrected chi connectivity index (χ2v) is 14.2. The molecule has 0 aliphatic heterocycles. The lowest BCUT2D eigenvalue weighted by molar-refractivity contribution is 0.661. The van der Waals surface area contributed by atoms with Gasteiger partial charge in [0.15, 0.2) is 0 Å². The van der Waals surface area contributed by atoms with Crippen LogP contribution in [-0.2, 0) is 5.41 Å². The lowest BCUT2D eigenvalue weighted by Crippen LogP contribution is -2.15. The summed E-state index contributed by atoms with van der Waals surface area (Å²) in [6.07, 6.45) is 0. The van der Waals surface area contributed by atoms with Crippen molar-refractivity contribution >= 4 is 70.9 Å². The number of para-hydroxylation sites is 1. The number of fused-ring (bicyclic) bond motifs is 8. The summed E-state index contributed by atoms with van der Waals surface area (Å²) in [5.41, 5.74) is 10.8. The van der Waals surface area contributed by atoms with Gasteiger partial charge in [-0.2, -0.15) is 0 Å². The van der Waals surface area contributed by atoms with Crippen LogP contribution in [0, 0.1) is 0 Å². The van der Waals surface area contributed by atoms with E-state index in [1.54, 1.807) is 0 Å². The number of hydrogen-bond acceptors (Lipinski definition) is 2. The molecule has 0 amide bonds. The lowest BCUT2D eigenvalue weighted by atomic mass is 9.80. The summed E-state index contributed by atoms with van der Waals surface area (Å²) in [7, 11) is 0. The van der Waals surface area contributed by atoms with Crippen molar-refractivity contribution in [2.24, 2.45) is 0 Å². The van der Waals surface area contributed by atoms with E-state index < -0.39 is 0 Å². The van der Waals surface area contributed by atoms with Crippen molar-refractivity contribution in [1.29, 1.82) is 0 Å². The summed E-state index contributed by atoms with van der Waals surface area (Å²) < 4.78 is 2.59. The van der Waals surface area contributed by atoms with Gasteiger partial charge in [0.2, 0.25) is 0 Å². The topological polar surface area (TPSA) is 3.24 Å². The third kappa shape index (κ3) is 4.14. The van der Waals surface area contributed by atoms with Crippen LogP contribution in [0.15, 0.2) is 146 Å². The van der Waals surface area contributed by atoms with Crippen LogP contribution in [0.1, 0.15) is 25.0 Å². The fourth-order valence-electron chi connectivity index (χ4n) is 7.52. The van der Waals surface area contributed by atoms with Gasteiger partial charge < -0.3 is 4.90 Å². The Balaban J connectivity index is 1.28. The van der Waals surface area contributed by atoms with Crippen molar-refractivity contribution < 1.29 is 0 Å². The molecule has 0 saturated carbocycles. The zero-order chi connectivity index (χ0) is 31.0. The van der Waals surface area contributed by atoms with Crippen LogP contribution in [0.4, 0.5) is 17.1 Å². The zero-order valence-corrected chi connectivity index (χ0v) is 27.2. The summed E-state index contributed by atoms with van der Waals surface area (Å²) in [5.74, 6) is 0. The molecule has 7 aromatic carbocycles. The van der Waals surface area contributed by atoms with Crippen LogP contribution in [0.25, 0.3) is 53.2 Å². The first-order valence-corrected chi connectivity index (χ1v) is 16.9. The Labute approximate surface area is 277 Å². The van der Waals surface area contributed by atoms with Crippen LogP contribution in [-0.4, -0.2) is 0 Å². The Morgan fingerprint density at radius 1 is 0.500 bits per heavy atom. The van der Waals surface area contributed by atoms with Crippen molar-refractivity contribution in [2.75, 3.05) is 4.90 Å². The van der Waals surface area contributed by atoms with Crippen LogP contribution >= 0.6 is 22.9 Å². The van der Waals surface area contributed by atoms with Crippen molar-refractivity contribution in [1.82, 2.24) is 0 Å². The van der Waals surface area contributed by atoms with Crippen molar-refractivity contribution in [3.05, 3.63) is 162 Å². The Bertz CT molecular complexity index is 2470. The third-order valence-electron chi connectivity index (χ3n) is 9.67. The summed E-state index contributed by atoms with van der Waals surface area (Å²) >= 11 is 8.89. The van der Waals surface area contributed by atoms with Crippen LogP contribution < -0.4 is 4.90 Å². The van der Waals surface area contributed by atoms with Gasteiger partial charge in [-0.15, -0.1) is 11.3 Å². The van der Waals surface area contributed by atoms with Crippen molar-refractivity contribution in [3.8, 4) is 22.3 Å². The number of hydrogen-bond donors (Lipinski definition) is 0. The molecule has 0 saturated heterocycles. The highest BCUT2D eigenvalue weighted by molar-refractivity contribution is 7.25. The average molecular weight is 628 g/mol. The molecule has 0 N–H and O–H groups in total. The maximum Gasteiger partial charge on any atom is 0.0482 e. The molecule has 0 atom stereocenters. The fourth-order valence-corrected chi connectivity index (χ4v) is 8.84. The van der Waals surface area contributed by atoms with E-state index in [1.807, 2.05) is 11.3 Å². The standard InChI is InChI=1S/C43H30ClNS/c1-43(2)38-18-10-8-17-35(38)42-34-16-7-6-14-32(34)36(26-39(42)43)27-22-28(44)24-31(23-27)45(29-12-4-3-5-13-29)30-20-21-41-37(25-30)33-15-9-11-19-40(33)46-41/h3-26H,1-2H3. The molecule has 1 aliphatic carbocycles. The molecule has 0 radical (unpaired) electrons. The Morgan fingerprint density at radius 3 is 2.04 bits per heavy atom. The second kappa shape index (κ2) is 10.3. The smallest absolute Gasteiger partial charge is 0.0482 e. The molecule has 1 heterocycles. The van der Waals surface area contributed by atoms with Crippen molar-refractivity contribution in [3.63, 3.8) is 0 Å². The quantitative estimate of drug-likeness (QED) is 0.188. The summed E-state index contributed by atoms with van der Waals surface area (Å²) in [4.78, 5) is 2.33. The van der Waals surface area contributed by atoms with E-state index in [0.717, 1.165) is 22.6 Å². The molecule has 0 bridgehead atoms. The number of rotatable bonds is 4. The first kappa shape index (κ1) is 27.4. The molecular formula is C43H30ClNS. The van der Waals surface area contributed by atoms with E-state index in [0.29, 0.717) is 5.02 Å². The zero-order valence-electron chi connectivity index (χ0n) is 25.6. The molecule has 220 valence electrons. The van der Waals surface area contributed by atoms with Gasteiger partial charge in [-0.05, 0) is 105 Å². The van der Waals surface area contributed by atoms with Crippen LogP contribution in [0.3, 0.4) is 0 Å². The van der Waals surface area contributed by atoms with E-state index >= 15 is 0 Å². The number of anilines is 3. The highest BCUT2D eigenvalue weighted by atomic mass is 35.5. The molecule has 9 rings (SSSR count). The van der Waals surface area contributed by atoms with Gasteiger partial charge in [0.05, 0.1) is 0 Å². The van der Waals surface area contributed by atoms with Crippen LogP contribution in [0.2, 0.25) is 5.02 Å². The Kier molecular flexibility index (Phi) is 6.15. The first-order valence-electron chi connectivity index (χ1n) is 15.7. The Hall–Kier alpha value is -4.89. The predicted molar refractivity (Wildman–Crippen MR) is 200 cm³/mol. The van der Waals surface area contributed by atoms with E-state index in [1.165, 1.54) is 58.8 Å². The molecular weight excluding hydrogens is 598 g/mol. The van der Waals surface area contributed by atoms with Gasteiger partial charge in [-0.25, -0.2) is 0 Å². The van der Waals surface area contributed by atoms with Gasteiger partial charge in [-0.1, -0.05) is 110 Å². The van der Waals surface area contributed by atoms with Gasteiger partial charge in [0.25, 0.3) is 0 Å². The minimum Gasteiger partial charge on any atom is -0.310 e. The highest BCUT2D eigenvalue weighted by Crippen LogP contribution is 2.53. The van der Waals surface area contributed by atoms with E-state index in [9.17, 15) is 0 Å². The largest absolute Gasteiger partial charge is 0.310 e. The maximum absolute atomic E-state index is 7.05. The van der Waals surface area contributed by atoms with Gasteiger partial charge >= 0.3 is 0 Å². The van der Waals surface area contributed by atoms with E-state index in [4.69, 9.17) is 11.6 Å². The first-order chi connectivity index (χ1) is 22.5. The number of benzene rings is 7. The summed E-state index contributed by atoms with van der Waals surface area (Å²) in [5, 5.41) is 5.79. The maximum atomic E-state index is 7.05. The number of thiophene rings is 1. The van der Waals surface area contributed by atoms with Gasteiger partial charge in [-0.3, -0.25) is 0 Å². The summed E-state index contributed by atoms with van der Waals surface area (Å²) in [6.45, 7) is 4.70. The second-order valence-electron chi connectivity index (χ2n) is 12.7. The van der Waals surface area contributed by atoms with Gasteiger partial charge in [0, 0.05) is 47.7 Å². The molecule has 0 unspecified atom stereocenters. The monoisotopic (exact) mass is 627 g/mol. The normalized spacial score (nSPS) is 13.3. The van der Waals surface area contributed by atoms with Gasteiger partial charge in [0.1, 0.15) is 0 Å². The Morgan fingerprint density at radius 2 is 1.20 bits per heavy atom. The number of halogens is 1. The molecule has 46 heavy (non-hydrogen) atoms. The van der Waals surface area contributed by atoms with Crippen molar-refractivity contribution in [2.45, 2.75) is 19.3 Å². The highest BCUT2D eigenvalue weighted by Gasteiger charge is 2.37. The minimum absolute atomic E-state index is 0.110. The predicted octanol–water partition coefficient (Wildman–Crippen LogP) is 13.3. The average Bonchev–Trinajstić information content (AvgIpc) is 3.56. The minimum atomic E-state index is -0.110. The summed E-state index contributed by atoms with van der Waals surface area (Å²) in [6, 6.07) is 52.7. The van der Waals surface area contributed by atoms with E-state index in [2.05, 4.69) is 164 Å². The van der Waals surface area contributed by atoms with E-state index in [-0.39, 0.29) is 5.41 Å². The molecule has 1 aromatic heterocycles. The molecule has 0 fully saturated rings. The number of nitrogens with zero attached hydrogens (tertiary/aromatic N) is 1. The van der Waals surface area contributed by atoms with Crippen LogP contribution in [0.5, 0.6) is 0 Å². The fraction of sp³-hybridized carbons (Fsp3) is 0.0698. The molecule has 1 nitrogen and oxygen atoms in total. The molecule has 8 aromatic rings. The molecule has 0 spiro atoms. The SMILES string of the molecule is CC1(C)c2ccccc2-c2c1cc(-c1cc(Cl)cc(N(c3ccccc3)c3ccc4sc5ccccc5c4c3)c1)c1ccccc21. The molecule has 1 aliphatic rings.